The van der Waals surface area contributed by atoms with Gasteiger partial charge < -0.3 is 5.32 Å². The molecule has 0 aromatic carbocycles. The summed E-state index contributed by atoms with van der Waals surface area (Å²) in [4.78, 5) is 0. The number of piperidine rings is 1. The van der Waals surface area contributed by atoms with Crippen LogP contribution >= 0.6 is 12.4 Å². The van der Waals surface area contributed by atoms with Crippen LogP contribution < -0.4 is 5.32 Å². The van der Waals surface area contributed by atoms with E-state index in [1.807, 2.05) is 0 Å². The number of rotatable bonds is 0. The van der Waals surface area contributed by atoms with E-state index in [4.69, 9.17) is 0 Å². The van der Waals surface area contributed by atoms with Gasteiger partial charge in [-0.2, -0.15) is 0 Å². The monoisotopic (exact) mass is 149 g/mol. The van der Waals surface area contributed by atoms with Crippen molar-refractivity contribution in [1.82, 2.24) is 5.32 Å². The van der Waals surface area contributed by atoms with Gasteiger partial charge in [-0.3, -0.25) is 0 Å². The van der Waals surface area contributed by atoms with Crippen LogP contribution in [0.2, 0.25) is 0 Å². The number of nitrogens with one attached hydrogen (secondary N) is 1. The second kappa shape index (κ2) is 4.13. The molecule has 0 radical (unpaired) electrons. The van der Waals surface area contributed by atoms with Crippen LogP contribution in [0.3, 0.4) is 0 Å². The van der Waals surface area contributed by atoms with Gasteiger partial charge in [-0.05, 0) is 32.2 Å². The van der Waals surface area contributed by atoms with Crippen molar-refractivity contribution in [3.63, 3.8) is 0 Å². The van der Waals surface area contributed by atoms with Crippen molar-refractivity contribution in [2.75, 3.05) is 6.54 Å². The number of hydrogen-bond acceptors (Lipinski definition) is 1. The minimum atomic E-state index is 0. The van der Waals surface area contributed by atoms with Crippen LogP contribution in [0.5, 0.6) is 0 Å². The largest absolute Gasteiger partial charge is 0.314 e. The minimum absolute atomic E-state index is 0. The molecule has 2 unspecified atom stereocenters. The molecule has 1 saturated heterocycles. The molecule has 1 rings (SSSR count). The van der Waals surface area contributed by atoms with E-state index in [2.05, 4.69) is 19.2 Å². The maximum Gasteiger partial charge on any atom is 0.00412 e. The first kappa shape index (κ1) is 9.25. The van der Waals surface area contributed by atoms with Crippen LogP contribution in [-0.2, 0) is 0 Å². The van der Waals surface area contributed by atoms with Gasteiger partial charge >= 0.3 is 0 Å². The lowest BCUT2D eigenvalue weighted by molar-refractivity contribution is 0.336. The van der Waals surface area contributed by atoms with Crippen molar-refractivity contribution in [2.45, 2.75) is 32.7 Å². The van der Waals surface area contributed by atoms with E-state index in [9.17, 15) is 0 Å². The third kappa shape index (κ3) is 3.07. The van der Waals surface area contributed by atoms with Crippen LogP contribution in [0.25, 0.3) is 0 Å². The van der Waals surface area contributed by atoms with Crippen LogP contribution in [0.1, 0.15) is 26.7 Å². The maximum atomic E-state index is 3.41. The maximum absolute atomic E-state index is 3.41. The summed E-state index contributed by atoms with van der Waals surface area (Å²) in [7, 11) is 0. The highest BCUT2D eigenvalue weighted by Crippen LogP contribution is 2.13. The fourth-order valence-corrected chi connectivity index (χ4v) is 1.38. The summed E-state index contributed by atoms with van der Waals surface area (Å²) in [5.74, 6) is 0.950. The lowest BCUT2D eigenvalue weighted by Crippen LogP contribution is -2.34. The molecule has 0 amide bonds. The van der Waals surface area contributed by atoms with Crippen LogP contribution in [-0.4, -0.2) is 12.6 Å². The summed E-state index contributed by atoms with van der Waals surface area (Å²) in [6.45, 7) is 5.81. The first-order chi connectivity index (χ1) is 3.79. The van der Waals surface area contributed by atoms with Crippen molar-refractivity contribution in [1.29, 1.82) is 0 Å². The summed E-state index contributed by atoms with van der Waals surface area (Å²) in [6.07, 6.45) is 2.73. The van der Waals surface area contributed by atoms with Gasteiger partial charge in [-0.1, -0.05) is 6.92 Å². The smallest absolute Gasteiger partial charge is 0.00412 e. The van der Waals surface area contributed by atoms with Gasteiger partial charge in [0.2, 0.25) is 0 Å². The summed E-state index contributed by atoms with van der Waals surface area (Å²) in [6, 6.07) is 0.763. The summed E-state index contributed by atoms with van der Waals surface area (Å²) >= 11 is 0. The predicted molar refractivity (Wildman–Crippen MR) is 43.1 cm³/mol. The van der Waals surface area contributed by atoms with Gasteiger partial charge in [0.05, 0.1) is 0 Å². The Bertz CT molecular complexity index is 67.3. The van der Waals surface area contributed by atoms with E-state index in [0.29, 0.717) is 0 Å². The second-order valence-corrected chi connectivity index (χ2v) is 2.98. The van der Waals surface area contributed by atoms with E-state index >= 15 is 0 Å². The van der Waals surface area contributed by atoms with Crippen molar-refractivity contribution in [3.8, 4) is 0 Å². The Morgan fingerprint density at radius 2 is 2.00 bits per heavy atom. The molecule has 1 N–H and O–H groups in total. The third-order valence-corrected chi connectivity index (χ3v) is 1.89. The van der Waals surface area contributed by atoms with Crippen molar-refractivity contribution >= 4 is 12.4 Å². The molecule has 56 valence electrons. The van der Waals surface area contributed by atoms with E-state index in [1.54, 1.807) is 0 Å². The SMILES string of the molecule is CC1CCNC(C)C1.Cl. The summed E-state index contributed by atoms with van der Waals surface area (Å²) < 4.78 is 0. The lowest BCUT2D eigenvalue weighted by atomic mass is 9.96. The highest BCUT2D eigenvalue weighted by atomic mass is 35.5. The van der Waals surface area contributed by atoms with E-state index in [-0.39, 0.29) is 12.4 Å². The average molecular weight is 150 g/mol. The van der Waals surface area contributed by atoms with Gasteiger partial charge in [-0.15, -0.1) is 12.4 Å². The van der Waals surface area contributed by atoms with Crippen molar-refractivity contribution in [2.24, 2.45) is 5.92 Å². The van der Waals surface area contributed by atoms with Gasteiger partial charge in [-0.25, -0.2) is 0 Å². The Labute approximate surface area is 63.6 Å². The average Bonchev–Trinajstić information content (AvgIpc) is 1.64. The predicted octanol–water partition coefficient (Wildman–Crippen LogP) is 1.82. The molecule has 1 nitrogen and oxygen atoms in total. The van der Waals surface area contributed by atoms with Crippen LogP contribution in [0.15, 0.2) is 0 Å². The zero-order valence-corrected chi connectivity index (χ0v) is 7.00. The Balaban J connectivity index is 0.000000640. The molecule has 0 saturated carbocycles. The molecule has 0 aromatic rings. The topological polar surface area (TPSA) is 12.0 Å². The molecular weight excluding hydrogens is 134 g/mol. The molecule has 0 bridgehead atoms. The van der Waals surface area contributed by atoms with Gasteiger partial charge in [0.15, 0.2) is 0 Å². The van der Waals surface area contributed by atoms with E-state index in [0.717, 1.165) is 12.0 Å². The van der Waals surface area contributed by atoms with Crippen molar-refractivity contribution < 1.29 is 0 Å². The van der Waals surface area contributed by atoms with Gasteiger partial charge in [0.1, 0.15) is 0 Å². The molecule has 1 fully saturated rings. The number of hydrogen-bond donors (Lipinski definition) is 1. The molecule has 2 heteroatoms. The van der Waals surface area contributed by atoms with E-state index < -0.39 is 0 Å². The van der Waals surface area contributed by atoms with Gasteiger partial charge in [0.25, 0.3) is 0 Å². The Morgan fingerprint density at radius 3 is 2.33 bits per heavy atom. The van der Waals surface area contributed by atoms with Crippen LogP contribution in [0.4, 0.5) is 0 Å². The molecular formula is C7H16ClN. The molecule has 0 aromatic heterocycles. The summed E-state index contributed by atoms with van der Waals surface area (Å²) in [5.41, 5.74) is 0. The highest BCUT2D eigenvalue weighted by molar-refractivity contribution is 5.85. The Morgan fingerprint density at radius 1 is 1.33 bits per heavy atom. The molecule has 0 aliphatic carbocycles. The zero-order valence-electron chi connectivity index (χ0n) is 6.18. The first-order valence-electron chi connectivity index (χ1n) is 3.52. The molecule has 9 heavy (non-hydrogen) atoms. The quantitative estimate of drug-likeness (QED) is 0.554. The first-order valence-corrected chi connectivity index (χ1v) is 3.52. The normalized spacial score (nSPS) is 35.3. The zero-order chi connectivity index (χ0) is 5.98. The number of halogens is 1. The van der Waals surface area contributed by atoms with Crippen LogP contribution in [0, 0.1) is 5.92 Å². The standard InChI is InChI=1S/C7H15N.ClH/c1-6-3-4-8-7(2)5-6;/h6-8H,3-5H2,1-2H3;1H. The molecule has 1 heterocycles. The minimum Gasteiger partial charge on any atom is -0.314 e. The highest BCUT2D eigenvalue weighted by Gasteiger charge is 2.12. The Hall–Kier alpha value is 0.250. The lowest BCUT2D eigenvalue weighted by Gasteiger charge is -2.24. The molecule has 1 aliphatic heterocycles. The molecule has 0 spiro atoms. The fraction of sp³-hybridized carbons (Fsp3) is 1.00. The molecule has 1 aliphatic rings. The Kier molecular flexibility index (Phi) is 4.24. The van der Waals surface area contributed by atoms with Gasteiger partial charge in [0, 0.05) is 6.04 Å². The van der Waals surface area contributed by atoms with E-state index in [1.165, 1.54) is 19.4 Å². The second-order valence-electron chi connectivity index (χ2n) is 2.98. The fourth-order valence-electron chi connectivity index (χ4n) is 1.38. The third-order valence-electron chi connectivity index (χ3n) is 1.89. The summed E-state index contributed by atoms with van der Waals surface area (Å²) in [5, 5.41) is 3.41. The van der Waals surface area contributed by atoms with Crippen molar-refractivity contribution in [3.05, 3.63) is 0 Å². The molecule has 2 atom stereocenters.